The number of halogens is 2. The predicted molar refractivity (Wildman–Crippen MR) is 91.8 cm³/mol. The van der Waals surface area contributed by atoms with Crippen molar-refractivity contribution in [3.8, 4) is 0 Å². The first kappa shape index (κ1) is 17.0. The molecule has 0 saturated carbocycles. The number of allylic oxidation sites excluding steroid dienone is 2. The van der Waals surface area contributed by atoms with Crippen LogP contribution in [-0.2, 0) is 14.4 Å². The number of carbonyl (C=O) groups is 3. The molecule has 3 rings (SSSR count). The average Bonchev–Trinajstić information content (AvgIpc) is 2.80. The van der Waals surface area contributed by atoms with Gasteiger partial charge < -0.3 is 5.32 Å². The minimum atomic E-state index is -0.312. The molecule has 1 aliphatic carbocycles. The molecule has 1 aromatic carbocycles. The molecule has 126 valence electrons. The van der Waals surface area contributed by atoms with Crippen LogP contribution in [0.1, 0.15) is 19.3 Å². The summed E-state index contributed by atoms with van der Waals surface area (Å²) in [6.45, 7) is 0.0850. The Kier molecular flexibility index (Phi) is 4.92. The number of benzene rings is 1. The number of fused-ring (bicyclic) bond motifs is 1. The fourth-order valence-corrected chi connectivity index (χ4v) is 3.56. The summed E-state index contributed by atoms with van der Waals surface area (Å²) in [7, 11) is 0. The number of nitrogens with one attached hydrogen (secondary N) is 1. The first-order valence-corrected chi connectivity index (χ1v) is 8.48. The normalized spacial score (nSPS) is 22.7. The van der Waals surface area contributed by atoms with Crippen LogP contribution in [0.5, 0.6) is 0 Å². The van der Waals surface area contributed by atoms with E-state index in [-0.39, 0.29) is 42.5 Å². The lowest BCUT2D eigenvalue weighted by Gasteiger charge is -2.14. The highest BCUT2D eigenvalue weighted by Gasteiger charge is 2.46. The smallest absolute Gasteiger partial charge is 0.233 e. The first-order valence-electron chi connectivity index (χ1n) is 7.72. The summed E-state index contributed by atoms with van der Waals surface area (Å²) in [5.74, 6) is -1.20. The number of anilines is 1. The molecule has 1 aliphatic heterocycles. The minimum Gasteiger partial charge on any atom is -0.325 e. The van der Waals surface area contributed by atoms with Gasteiger partial charge in [0.2, 0.25) is 17.7 Å². The van der Waals surface area contributed by atoms with E-state index in [1.807, 2.05) is 12.2 Å². The van der Waals surface area contributed by atoms with Crippen molar-refractivity contribution >= 4 is 46.6 Å². The standard InChI is InChI=1S/C17H16Cl2N2O3/c18-10-5-6-14(13(19)9-10)20-15(22)7-8-21-16(23)11-3-1-2-4-12(11)17(21)24/h1-2,5-6,9,11-12H,3-4,7-8H2,(H,20,22)/t11-,12+. The van der Waals surface area contributed by atoms with Gasteiger partial charge in [0.15, 0.2) is 0 Å². The molecule has 24 heavy (non-hydrogen) atoms. The van der Waals surface area contributed by atoms with E-state index in [9.17, 15) is 14.4 Å². The van der Waals surface area contributed by atoms with E-state index in [1.54, 1.807) is 12.1 Å². The molecular formula is C17H16Cl2N2O3. The molecule has 0 radical (unpaired) electrons. The lowest BCUT2D eigenvalue weighted by atomic mass is 9.85. The van der Waals surface area contributed by atoms with E-state index in [2.05, 4.69) is 5.32 Å². The molecule has 5 nitrogen and oxygen atoms in total. The summed E-state index contributed by atoms with van der Waals surface area (Å²) in [6.07, 6.45) is 5.09. The molecule has 1 fully saturated rings. The second kappa shape index (κ2) is 6.95. The zero-order valence-electron chi connectivity index (χ0n) is 12.8. The molecule has 3 amide bonds. The van der Waals surface area contributed by atoms with Crippen molar-refractivity contribution in [3.05, 3.63) is 40.4 Å². The molecule has 7 heteroatoms. The number of carbonyl (C=O) groups excluding carboxylic acids is 3. The SMILES string of the molecule is O=C(CCN1C(=O)[C@H]2CC=CC[C@H]2C1=O)Nc1ccc(Cl)cc1Cl. The number of imide groups is 1. The fourth-order valence-electron chi connectivity index (χ4n) is 3.11. The van der Waals surface area contributed by atoms with Crippen molar-refractivity contribution in [2.24, 2.45) is 11.8 Å². The molecule has 0 unspecified atom stereocenters. The van der Waals surface area contributed by atoms with Crippen molar-refractivity contribution in [2.45, 2.75) is 19.3 Å². The molecule has 1 aromatic rings. The second-order valence-electron chi connectivity index (χ2n) is 5.91. The van der Waals surface area contributed by atoms with Gasteiger partial charge in [0.25, 0.3) is 0 Å². The summed E-state index contributed by atoms with van der Waals surface area (Å²) < 4.78 is 0. The van der Waals surface area contributed by atoms with Gasteiger partial charge in [-0.15, -0.1) is 0 Å². The van der Waals surface area contributed by atoms with Gasteiger partial charge in [-0.25, -0.2) is 0 Å². The third-order valence-electron chi connectivity index (χ3n) is 4.37. The quantitative estimate of drug-likeness (QED) is 0.656. The highest BCUT2D eigenvalue weighted by atomic mass is 35.5. The first-order chi connectivity index (χ1) is 11.5. The van der Waals surface area contributed by atoms with Crippen LogP contribution >= 0.6 is 23.2 Å². The lowest BCUT2D eigenvalue weighted by molar-refractivity contribution is -0.140. The predicted octanol–water partition coefficient (Wildman–Crippen LogP) is 3.27. The van der Waals surface area contributed by atoms with Crippen molar-refractivity contribution < 1.29 is 14.4 Å². The van der Waals surface area contributed by atoms with Crippen LogP contribution in [0.15, 0.2) is 30.4 Å². The molecule has 2 aliphatic rings. The topological polar surface area (TPSA) is 66.5 Å². The van der Waals surface area contributed by atoms with Gasteiger partial charge in [-0.1, -0.05) is 35.4 Å². The largest absolute Gasteiger partial charge is 0.325 e. The summed E-state index contributed by atoms with van der Waals surface area (Å²) >= 11 is 11.8. The van der Waals surface area contributed by atoms with Crippen molar-refractivity contribution in [1.29, 1.82) is 0 Å². The maximum Gasteiger partial charge on any atom is 0.233 e. The second-order valence-corrected chi connectivity index (χ2v) is 6.75. The van der Waals surface area contributed by atoms with Crippen LogP contribution in [0, 0.1) is 11.8 Å². The van der Waals surface area contributed by atoms with E-state index in [1.165, 1.54) is 11.0 Å². The highest BCUT2D eigenvalue weighted by molar-refractivity contribution is 6.36. The molecular weight excluding hydrogens is 351 g/mol. The molecule has 1 N–H and O–H groups in total. The number of amides is 3. The van der Waals surface area contributed by atoms with Crippen LogP contribution in [-0.4, -0.2) is 29.2 Å². The number of rotatable bonds is 4. The number of hydrogen-bond acceptors (Lipinski definition) is 3. The van der Waals surface area contributed by atoms with Gasteiger partial charge in [-0.05, 0) is 31.0 Å². The van der Waals surface area contributed by atoms with Crippen molar-refractivity contribution in [1.82, 2.24) is 4.90 Å². The van der Waals surface area contributed by atoms with Crippen molar-refractivity contribution in [3.63, 3.8) is 0 Å². The lowest BCUT2D eigenvalue weighted by Crippen LogP contribution is -2.34. The van der Waals surface area contributed by atoms with Crippen LogP contribution in [0.3, 0.4) is 0 Å². The maximum absolute atomic E-state index is 12.3. The number of hydrogen-bond donors (Lipinski definition) is 1. The number of nitrogens with zero attached hydrogens (tertiary/aromatic N) is 1. The van der Waals surface area contributed by atoms with Crippen LogP contribution < -0.4 is 5.32 Å². The van der Waals surface area contributed by atoms with Gasteiger partial charge in [-0.2, -0.15) is 0 Å². The maximum atomic E-state index is 12.3. The third-order valence-corrected chi connectivity index (χ3v) is 4.91. The Morgan fingerprint density at radius 3 is 2.33 bits per heavy atom. The Morgan fingerprint density at radius 1 is 1.12 bits per heavy atom. The molecule has 2 atom stereocenters. The monoisotopic (exact) mass is 366 g/mol. The molecule has 0 bridgehead atoms. The molecule has 0 spiro atoms. The summed E-state index contributed by atoms with van der Waals surface area (Å²) in [5, 5.41) is 3.47. The Morgan fingerprint density at radius 2 is 1.75 bits per heavy atom. The Bertz CT molecular complexity index is 707. The van der Waals surface area contributed by atoms with Crippen molar-refractivity contribution in [2.75, 3.05) is 11.9 Å². The zero-order valence-corrected chi connectivity index (χ0v) is 14.3. The van der Waals surface area contributed by atoms with Crippen LogP contribution in [0.25, 0.3) is 0 Å². The summed E-state index contributed by atoms with van der Waals surface area (Å²) in [4.78, 5) is 37.9. The molecule has 1 saturated heterocycles. The fraction of sp³-hybridized carbons (Fsp3) is 0.353. The van der Waals surface area contributed by atoms with Gasteiger partial charge in [0.1, 0.15) is 0 Å². The van der Waals surface area contributed by atoms with E-state index in [0.717, 1.165) is 0 Å². The Balaban J connectivity index is 1.58. The Labute approximate surface area is 149 Å². The summed E-state index contributed by atoms with van der Waals surface area (Å²) in [6, 6.07) is 4.76. The van der Waals surface area contributed by atoms with E-state index >= 15 is 0 Å². The van der Waals surface area contributed by atoms with Gasteiger partial charge in [0.05, 0.1) is 22.5 Å². The highest BCUT2D eigenvalue weighted by Crippen LogP contribution is 2.35. The molecule has 1 heterocycles. The van der Waals surface area contributed by atoms with E-state index in [0.29, 0.717) is 28.6 Å². The Hall–Kier alpha value is -1.85. The van der Waals surface area contributed by atoms with E-state index < -0.39 is 0 Å². The van der Waals surface area contributed by atoms with E-state index in [4.69, 9.17) is 23.2 Å². The third kappa shape index (κ3) is 3.32. The average molecular weight is 367 g/mol. The van der Waals surface area contributed by atoms with Gasteiger partial charge >= 0.3 is 0 Å². The van der Waals surface area contributed by atoms with Gasteiger partial charge in [-0.3, -0.25) is 19.3 Å². The van der Waals surface area contributed by atoms with Crippen LogP contribution in [0.2, 0.25) is 10.0 Å². The summed E-state index contributed by atoms with van der Waals surface area (Å²) in [5.41, 5.74) is 0.447. The number of likely N-dealkylation sites (tertiary alicyclic amines) is 1. The van der Waals surface area contributed by atoms with Gasteiger partial charge in [0, 0.05) is 18.0 Å². The minimum absolute atomic E-state index is 0.0311. The molecule has 0 aromatic heterocycles. The van der Waals surface area contributed by atoms with Crippen LogP contribution in [0.4, 0.5) is 5.69 Å². The zero-order chi connectivity index (χ0) is 17.3.